The summed E-state index contributed by atoms with van der Waals surface area (Å²) in [5.74, 6) is 0.453. The fourth-order valence-electron chi connectivity index (χ4n) is 6.29. The number of hydrogen-bond acceptors (Lipinski definition) is 7. The van der Waals surface area contributed by atoms with Crippen molar-refractivity contribution in [3.8, 4) is 0 Å². The van der Waals surface area contributed by atoms with E-state index in [1.807, 2.05) is 25.1 Å². The lowest BCUT2D eigenvalue weighted by Gasteiger charge is -2.41. The second kappa shape index (κ2) is 21.7. The molecule has 2 aromatic carbocycles. The monoisotopic (exact) mass is 732 g/mol. The van der Waals surface area contributed by atoms with Crippen molar-refractivity contribution < 1.29 is 33.3 Å². The minimum atomic E-state index is -0.518. The lowest BCUT2D eigenvalue weighted by Crippen LogP contribution is -2.36. The van der Waals surface area contributed by atoms with Gasteiger partial charge in [0.15, 0.2) is 11.6 Å². The average molecular weight is 733 g/mol. The molecule has 0 aliphatic heterocycles. The van der Waals surface area contributed by atoms with E-state index in [4.69, 9.17) is 18.9 Å². The van der Waals surface area contributed by atoms with Crippen LogP contribution in [0.1, 0.15) is 156 Å². The number of carbonyl (C=O) groups is 3. The van der Waals surface area contributed by atoms with Gasteiger partial charge in [-0.1, -0.05) is 99.8 Å². The van der Waals surface area contributed by atoms with Gasteiger partial charge in [-0.05, 0) is 93.0 Å². The molecule has 0 saturated carbocycles. The van der Waals surface area contributed by atoms with E-state index in [1.54, 1.807) is 19.3 Å². The molecule has 0 N–H and O–H groups in total. The molecule has 53 heavy (non-hydrogen) atoms. The highest BCUT2D eigenvalue weighted by molar-refractivity contribution is 6.08. The van der Waals surface area contributed by atoms with Crippen molar-refractivity contribution >= 4 is 35.1 Å². The molecule has 294 valence electrons. The largest absolute Gasteiger partial charge is 0.497 e. The van der Waals surface area contributed by atoms with E-state index in [-0.39, 0.29) is 45.5 Å². The van der Waals surface area contributed by atoms with Gasteiger partial charge in [0, 0.05) is 34.3 Å². The first-order valence-electron chi connectivity index (χ1n) is 19.0. The summed E-state index contributed by atoms with van der Waals surface area (Å²) < 4.78 is 23.6. The Morgan fingerprint density at radius 2 is 1.38 bits per heavy atom. The Morgan fingerprint density at radius 3 is 1.91 bits per heavy atom. The van der Waals surface area contributed by atoms with Crippen LogP contribution >= 0.6 is 0 Å². The van der Waals surface area contributed by atoms with Crippen LogP contribution in [-0.4, -0.2) is 51.1 Å². The van der Waals surface area contributed by atoms with Crippen LogP contribution < -0.4 is 0 Å². The molecule has 0 aliphatic carbocycles. The highest BCUT2D eigenvalue weighted by Crippen LogP contribution is 2.44. The van der Waals surface area contributed by atoms with Crippen molar-refractivity contribution in [2.45, 2.75) is 108 Å². The minimum Gasteiger partial charge on any atom is -0.497 e. The molecule has 2 rings (SSSR count). The Morgan fingerprint density at radius 1 is 0.792 bits per heavy atom. The van der Waals surface area contributed by atoms with Gasteiger partial charge in [-0.2, -0.15) is 0 Å². The molecule has 7 nitrogen and oxygen atoms in total. The SMILES string of the molecule is C=Cc1ccc(C(=C)OCC(C)(C)C(C)CCC(CC)(COCC)CC(C)(C)COC(=O)c2ccc(C(C)=O)c(C(C)=O)c2)cc1C(=C)OC.CCC. The summed E-state index contributed by atoms with van der Waals surface area (Å²) in [4.78, 5) is 37.2. The second-order valence-electron chi connectivity index (χ2n) is 15.8. The topological polar surface area (TPSA) is 88.1 Å². The van der Waals surface area contributed by atoms with Gasteiger partial charge in [0.25, 0.3) is 0 Å². The first-order valence-corrected chi connectivity index (χ1v) is 19.0. The number of esters is 1. The van der Waals surface area contributed by atoms with Crippen molar-refractivity contribution in [1.82, 2.24) is 0 Å². The Balaban J connectivity index is 0.00000452. The predicted molar refractivity (Wildman–Crippen MR) is 220 cm³/mol. The maximum absolute atomic E-state index is 13.1. The van der Waals surface area contributed by atoms with Crippen LogP contribution in [0.4, 0.5) is 0 Å². The molecule has 2 aromatic rings. The van der Waals surface area contributed by atoms with Crippen molar-refractivity contribution in [1.29, 1.82) is 0 Å². The normalized spacial score (nSPS) is 13.1. The molecule has 0 saturated heterocycles. The van der Waals surface area contributed by atoms with Gasteiger partial charge in [0.1, 0.15) is 11.5 Å². The molecular formula is C46H68O7. The summed E-state index contributed by atoms with van der Waals surface area (Å²) in [5, 5.41) is 0. The molecule has 2 unspecified atom stereocenters. The molecule has 0 aliphatic rings. The Kier molecular flexibility index (Phi) is 19.2. The highest BCUT2D eigenvalue weighted by Gasteiger charge is 2.38. The lowest BCUT2D eigenvalue weighted by atomic mass is 9.67. The van der Waals surface area contributed by atoms with Crippen LogP contribution in [0, 0.1) is 22.2 Å². The number of Topliss-reactive ketones (excluding diaryl/α,β-unsaturated/α-hetero) is 2. The summed E-state index contributed by atoms with van der Waals surface area (Å²) in [7, 11) is 1.60. The summed E-state index contributed by atoms with van der Waals surface area (Å²) >= 11 is 0. The zero-order valence-electron chi connectivity index (χ0n) is 35.0. The first kappa shape index (κ1) is 47.1. The molecule has 2 atom stereocenters. The van der Waals surface area contributed by atoms with E-state index in [0.29, 0.717) is 42.8 Å². The number of benzene rings is 2. The van der Waals surface area contributed by atoms with Crippen LogP contribution in [0.25, 0.3) is 17.6 Å². The minimum absolute atomic E-state index is 0.126. The van der Waals surface area contributed by atoms with Crippen molar-refractivity contribution in [3.63, 3.8) is 0 Å². The average Bonchev–Trinajstić information content (AvgIpc) is 3.13. The molecule has 0 aromatic heterocycles. The summed E-state index contributed by atoms with van der Waals surface area (Å²) in [6.07, 6.45) is 6.63. The molecule has 0 spiro atoms. The lowest BCUT2D eigenvalue weighted by molar-refractivity contribution is -0.0174. The summed E-state index contributed by atoms with van der Waals surface area (Å²) in [6.45, 7) is 36.2. The van der Waals surface area contributed by atoms with Crippen LogP contribution in [0.3, 0.4) is 0 Å². The maximum atomic E-state index is 13.1. The first-order chi connectivity index (χ1) is 24.8. The van der Waals surface area contributed by atoms with E-state index in [1.165, 1.54) is 32.4 Å². The molecular weight excluding hydrogens is 664 g/mol. The smallest absolute Gasteiger partial charge is 0.338 e. The third kappa shape index (κ3) is 14.4. The van der Waals surface area contributed by atoms with Gasteiger partial charge in [-0.15, -0.1) is 0 Å². The van der Waals surface area contributed by atoms with Gasteiger partial charge in [-0.3, -0.25) is 9.59 Å². The van der Waals surface area contributed by atoms with E-state index < -0.39 is 5.97 Å². The standard InChI is InChI=1S/C43H60O7.C3H8/c1-14-34-17-18-35(23-39(34)33(8)47-13)32(7)49-27-42(11,12)29(4)21-22-43(15-2,28-48-16-3)25-41(9,10)26-50-40(46)36-19-20-37(30(5)44)38(24-36)31(6)45;1-3-2/h14,17-20,23-24,29H,1,7-8,15-16,21-22,25-28H2,2-6,9-13H3;3H2,1-2H3. The Labute approximate surface area is 321 Å². The number of ether oxygens (including phenoxy) is 4. The zero-order valence-corrected chi connectivity index (χ0v) is 35.0. The third-order valence-corrected chi connectivity index (χ3v) is 10.0. The van der Waals surface area contributed by atoms with Crippen LogP contribution in [0.5, 0.6) is 0 Å². The van der Waals surface area contributed by atoms with Gasteiger partial charge in [-0.25, -0.2) is 4.79 Å². The third-order valence-electron chi connectivity index (χ3n) is 10.0. The maximum Gasteiger partial charge on any atom is 0.338 e. The van der Waals surface area contributed by atoms with Crippen LogP contribution in [0.15, 0.2) is 56.1 Å². The van der Waals surface area contributed by atoms with Gasteiger partial charge in [0.2, 0.25) is 0 Å². The number of ketones is 2. The fourth-order valence-corrected chi connectivity index (χ4v) is 6.29. The number of carbonyl (C=O) groups excluding carboxylic acids is 3. The fraction of sp³-hybridized carbons (Fsp3) is 0.543. The van der Waals surface area contributed by atoms with E-state index in [9.17, 15) is 14.4 Å². The highest BCUT2D eigenvalue weighted by atomic mass is 16.5. The van der Waals surface area contributed by atoms with E-state index in [0.717, 1.165) is 42.4 Å². The van der Waals surface area contributed by atoms with Crippen molar-refractivity contribution in [2.75, 3.05) is 33.5 Å². The zero-order chi connectivity index (χ0) is 40.6. The van der Waals surface area contributed by atoms with E-state index >= 15 is 0 Å². The van der Waals surface area contributed by atoms with Crippen molar-refractivity contribution in [2.24, 2.45) is 22.2 Å². The number of methoxy groups -OCH3 is 1. The van der Waals surface area contributed by atoms with Crippen molar-refractivity contribution in [3.05, 3.63) is 89.5 Å². The molecule has 7 heteroatoms. The molecule has 0 bridgehead atoms. The molecule has 0 fully saturated rings. The van der Waals surface area contributed by atoms with Gasteiger partial charge < -0.3 is 18.9 Å². The molecule has 0 amide bonds. The molecule has 0 radical (unpaired) electrons. The quantitative estimate of drug-likeness (QED) is 0.0676. The predicted octanol–water partition coefficient (Wildman–Crippen LogP) is 11.9. The molecule has 0 heterocycles. The Hall–Kier alpha value is -3.97. The summed E-state index contributed by atoms with van der Waals surface area (Å²) in [6, 6.07) is 10.4. The number of hydrogen-bond donors (Lipinski definition) is 0. The van der Waals surface area contributed by atoms with Gasteiger partial charge >= 0.3 is 5.97 Å². The second-order valence-corrected chi connectivity index (χ2v) is 15.8. The van der Waals surface area contributed by atoms with Crippen LogP contribution in [-0.2, 0) is 18.9 Å². The Bertz CT molecular complexity index is 1560. The number of rotatable bonds is 22. The summed E-state index contributed by atoms with van der Waals surface area (Å²) in [5.41, 5.74) is 2.81. The van der Waals surface area contributed by atoms with Gasteiger partial charge in [0.05, 0.1) is 32.5 Å². The van der Waals surface area contributed by atoms with E-state index in [2.05, 4.69) is 75.1 Å². The van der Waals surface area contributed by atoms with Crippen LogP contribution in [0.2, 0.25) is 0 Å².